The van der Waals surface area contributed by atoms with Crippen molar-refractivity contribution in [3.63, 3.8) is 0 Å². The molecule has 0 aromatic heterocycles. The molecule has 70 valence electrons. The topological polar surface area (TPSA) is 35.2 Å². The summed E-state index contributed by atoms with van der Waals surface area (Å²) in [5.41, 5.74) is 7.02. The maximum Gasteiger partial charge on any atom is 0.125 e. The molecule has 0 amide bonds. The standard InChI is InChI=1S/C10H12ClNO/c1-6-4-9(12)8-3-2-7(11)5-10(8)13-6/h2-3,5-6,9H,4,12H2,1H3. The van der Waals surface area contributed by atoms with E-state index in [1.54, 1.807) is 0 Å². The van der Waals surface area contributed by atoms with Gasteiger partial charge >= 0.3 is 0 Å². The van der Waals surface area contributed by atoms with Gasteiger partial charge in [-0.15, -0.1) is 0 Å². The highest BCUT2D eigenvalue weighted by Gasteiger charge is 2.22. The molecule has 0 aliphatic carbocycles. The SMILES string of the molecule is CC1CC(N)c2ccc(Cl)cc2O1. The van der Waals surface area contributed by atoms with Crippen LogP contribution >= 0.6 is 11.6 Å². The van der Waals surface area contributed by atoms with Crippen molar-refractivity contribution < 1.29 is 4.74 Å². The Morgan fingerprint density at radius 2 is 2.31 bits per heavy atom. The monoisotopic (exact) mass is 197 g/mol. The lowest BCUT2D eigenvalue weighted by atomic mass is 9.98. The van der Waals surface area contributed by atoms with Crippen molar-refractivity contribution in [2.24, 2.45) is 5.73 Å². The number of rotatable bonds is 0. The number of hydrogen-bond acceptors (Lipinski definition) is 2. The van der Waals surface area contributed by atoms with Gasteiger partial charge in [0.15, 0.2) is 0 Å². The molecule has 0 saturated heterocycles. The highest BCUT2D eigenvalue weighted by Crippen LogP contribution is 2.34. The summed E-state index contributed by atoms with van der Waals surface area (Å²) in [5, 5.41) is 0.694. The predicted octanol–water partition coefficient (Wildman–Crippen LogP) is 2.51. The van der Waals surface area contributed by atoms with Gasteiger partial charge in [0.1, 0.15) is 5.75 Å². The summed E-state index contributed by atoms with van der Waals surface area (Å²) < 4.78 is 5.62. The molecule has 3 heteroatoms. The van der Waals surface area contributed by atoms with Crippen LogP contribution in [0.15, 0.2) is 18.2 Å². The molecular formula is C10H12ClNO. The van der Waals surface area contributed by atoms with Gasteiger partial charge in [0, 0.05) is 23.0 Å². The lowest BCUT2D eigenvalue weighted by molar-refractivity contribution is 0.177. The van der Waals surface area contributed by atoms with Crippen LogP contribution < -0.4 is 10.5 Å². The minimum Gasteiger partial charge on any atom is -0.490 e. The Hall–Kier alpha value is -0.730. The minimum atomic E-state index is 0.0796. The largest absolute Gasteiger partial charge is 0.490 e. The number of benzene rings is 1. The van der Waals surface area contributed by atoms with E-state index < -0.39 is 0 Å². The molecule has 1 aliphatic rings. The second-order valence-electron chi connectivity index (χ2n) is 3.45. The lowest BCUT2D eigenvalue weighted by Crippen LogP contribution is -2.27. The first-order valence-electron chi connectivity index (χ1n) is 4.38. The average Bonchev–Trinajstić information content (AvgIpc) is 2.02. The Kier molecular flexibility index (Phi) is 2.18. The lowest BCUT2D eigenvalue weighted by Gasteiger charge is -2.28. The summed E-state index contributed by atoms with van der Waals surface area (Å²) in [4.78, 5) is 0. The molecule has 1 aromatic rings. The number of fused-ring (bicyclic) bond motifs is 1. The quantitative estimate of drug-likeness (QED) is 0.694. The van der Waals surface area contributed by atoms with Crippen LogP contribution in [0.4, 0.5) is 0 Å². The summed E-state index contributed by atoms with van der Waals surface area (Å²) in [6.45, 7) is 2.02. The molecule has 0 spiro atoms. The van der Waals surface area contributed by atoms with Crippen molar-refractivity contribution in [3.05, 3.63) is 28.8 Å². The van der Waals surface area contributed by atoms with Gasteiger partial charge in [-0.1, -0.05) is 17.7 Å². The maximum absolute atomic E-state index is 5.96. The maximum atomic E-state index is 5.96. The molecule has 2 unspecified atom stereocenters. The van der Waals surface area contributed by atoms with Gasteiger partial charge < -0.3 is 10.5 Å². The molecule has 13 heavy (non-hydrogen) atoms. The van der Waals surface area contributed by atoms with Crippen molar-refractivity contribution >= 4 is 11.6 Å². The summed E-state index contributed by atoms with van der Waals surface area (Å²) in [7, 11) is 0. The Bertz CT molecular complexity index is 327. The van der Waals surface area contributed by atoms with Crippen molar-refractivity contribution in [1.29, 1.82) is 0 Å². The highest BCUT2D eigenvalue weighted by atomic mass is 35.5. The summed E-state index contributed by atoms with van der Waals surface area (Å²) in [6, 6.07) is 5.69. The minimum absolute atomic E-state index is 0.0796. The van der Waals surface area contributed by atoms with Crippen LogP contribution in [-0.4, -0.2) is 6.10 Å². The predicted molar refractivity (Wildman–Crippen MR) is 53.1 cm³/mol. The van der Waals surface area contributed by atoms with Crippen LogP contribution in [0.1, 0.15) is 24.9 Å². The Labute approximate surface area is 82.6 Å². The van der Waals surface area contributed by atoms with Gasteiger partial charge in [0.2, 0.25) is 0 Å². The van der Waals surface area contributed by atoms with Gasteiger partial charge in [-0.25, -0.2) is 0 Å². The smallest absolute Gasteiger partial charge is 0.125 e. The molecular weight excluding hydrogens is 186 g/mol. The van der Waals surface area contributed by atoms with Gasteiger partial charge in [-0.2, -0.15) is 0 Å². The van der Waals surface area contributed by atoms with Crippen molar-refractivity contribution in [1.82, 2.24) is 0 Å². The summed E-state index contributed by atoms with van der Waals surface area (Å²) in [5.74, 6) is 0.832. The van der Waals surface area contributed by atoms with E-state index >= 15 is 0 Å². The van der Waals surface area contributed by atoms with E-state index in [0.29, 0.717) is 5.02 Å². The highest BCUT2D eigenvalue weighted by molar-refractivity contribution is 6.30. The number of halogens is 1. The fourth-order valence-corrected chi connectivity index (χ4v) is 1.83. The second kappa shape index (κ2) is 3.20. The second-order valence-corrected chi connectivity index (χ2v) is 3.89. The van der Waals surface area contributed by atoms with Gasteiger partial charge in [0.05, 0.1) is 6.10 Å². The van der Waals surface area contributed by atoms with E-state index in [0.717, 1.165) is 17.7 Å². The van der Waals surface area contributed by atoms with Crippen LogP contribution in [0.2, 0.25) is 5.02 Å². The van der Waals surface area contributed by atoms with E-state index in [9.17, 15) is 0 Å². The fraction of sp³-hybridized carbons (Fsp3) is 0.400. The molecule has 0 radical (unpaired) electrons. The van der Waals surface area contributed by atoms with E-state index in [2.05, 4.69) is 0 Å². The summed E-state index contributed by atoms with van der Waals surface area (Å²) in [6.07, 6.45) is 1.05. The normalized spacial score (nSPS) is 26.4. The fourth-order valence-electron chi connectivity index (χ4n) is 1.67. The van der Waals surface area contributed by atoms with Crippen LogP contribution in [0.5, 0.6) is 5.75 Å². The van der Waals surface area contributed by atoms with E-state index in [-0.39, 0.29) is 12.1 Å². The zero-order valence-corrected chi connectivity index (χ0v) is 8.21. The Balaban J connectivity index is 2.43. The zero-order valence-electron chi connectivity index (χ0n) is 7.46. The van der Waals surface area contributed by atoms with Crippen LogP contribution in [0.3, 0.4) is 0 Å². The van der Waals surface area contributed by atoms with Gasteiger partial charge in [-0.05, 0) is 19.1 Å². The molecule has 1 aliphatic heterocycles. The summed E-state index contributed by atoms with van der Waals surface area (Å²) >= 11 is 5.85. The molecule has 2 nitrogen and oxygen atoms in total. The van der Waals surface area contributed by atoms with Crippen molar-refractivity contribution in [2.75, 3.05) is 0 Å². The van der Waals surface area contributed by atoms with Crippen LogP contribution in [0.25, 0.3) is 0 Å². The average molecular weight is 198 g/mol. The third kappa shape index (κ3) is 1.64. The van der Waals surface area contributed by atoms with Crippen LogP contribution in [-0.2, 0) is 0 Å². The first-order valence-corrected chi connectivity index (χ1v) is 4.76. The van der Waals surface area contributed by atoms with Crippen LogP contribution in [0, 0.1) is 0 Å². The molecule has 0 saturated carbocycles. The number of ether oxygens (including phenoxy) is 1. The number of hydrogen-bond donors (Lipinski definition) is 1. The molecule has 2 rings (SSSR count). The zero-order chi connectivity index (χ0) is 9.42. The molecule has 1 aromatic carbocycles. The third-order valence-electron chi connectivity index (χ3n) is 2.29. The molecule has 2 N–H and O–H groups in total. The molecule has 2 atom stereocenters. The first kappa shape index (κ1) is 8.85. The molecule has 0 fully saturated rings. The Morgan fingerprint density at radius 3 is 3.08 bits per heavy atom. The molecule has 0 bridgehead atoms. The molecule has 1 heterocycles. The van der Waals surface area contributed by atoms with Crippen molar-refractivity contribution in [2.45, 2.75) is 25.5 Å². The first-order chi connectivity index (χ1) is 6.16. The van der Waals surface area contributed by atoms with Gasteiger partial charge in [0.25, 0.3) is 0 Å². The third-order valence-corrected chi connectivity index (χ3v) is 2.52. The van der Waals surface area contributed by atoms with Crippen molar-refractivity contribution in [3.8, 4) is 5.75 Å². The Morgan fingerprint density at radius 1 is 1.54 bits per heavy atom. The van der Waals surface area contributed by atoms with E-state index in [1.807, 2.05) is 25.1 Å². The van der Waals surface area contributed by atoms with E-state index in [4.69, 9.17) is 22.1 Å². The van der Waals surface area contributed by atoms with Gasteiger partial charge in [-0.3, -0.25) is 0 Å². The number of nitrogens with two attached hydrogens (primary N) is 1. The van der Waals surface area contributed by atoms with E-state index in [1.165, 1.54) is 0 Å².